The predicted octanol–water partition coefficient (Wildman–Crippen LogP) is 0.951. The number of aromatic nitrogens is 1. The summed E-state index contributed by atoms with van der Waals surface area (Å²) >= 11 is 0. The monoisotopic (exact) mass is 275 g/mol. The van der Waals surface area contributed by atoms with Crippen molar-refractivity contribution < 1.29 is 9.53 Å². The second kappa shape index (κ2) is 6.33. The Hall–Kier alpha value is -1.46. The molecule has 5 nitrogen and oxygen atoms in total. The molecule has 2 atom stereocenters. The number of fused-ring (bicyclic) bond motifs is 1. The molecular formula is C15H21N3O2. The Balaban J connectivity index is 1.48. The van der Waals surface area contributed by atoms with Crippen LogP contribution in [-0.4, -0.2) is 47.6 Å². The van der Waals surface area contributed by atoms with Crippen LogP contribution in [0.1, 0.15) is 25.0 Å². The Bertz CT molecular complexity index is 452. The van der Waals surface area contributed by atoms with E-state index in [9.17, 15) is 4.79 Å². The molecule has 1 saturated carbocycles. The molecule has 0 spiro atoms. The van der Waals surface area contributed by atoms with Gasteiger partial charge in [0.15, 0.2) is 0 Å². The van der Waals surface area contributed by atoms with Crippen molar-refractivity contribution in [1.29, 1.82) is 0 Å². The van der Waals surface area contributed by atoms with Crippen molar-refractivity contribution in [1.82, 2.24) is 15.2 Å². The first kappa shape index (κ1) is 13.5. The number of rotatable bonds is 4. The number of amides is 1. The van der Waals surface area contributed by atoms with Crippen molar-refractivity contribution in [2.75, 3.05) is 19.7 Å². The van der Waals surface area contributed by atoms with E-state index in [0.717, 1.165) is 31.7 Å². The van der Waals surface area contributed by atoms with Gasteiger partial charge in [0.05, 0.1) is 31.5 Å². The minimum Gasteiger partial charge on any atom is -0.375 e. The predicted molar refractivity (Wildman–Crippen MR) is 75.0 cm³/mol. The van der Waals surface area contributed by atoms with Crippen LogP contribution >= 0.6 is 0 Å². The molecule has 0 bridgehead atoms. The van der Waals surface area contributed by atoms with Crippen LogP contribution in [0.2, 0.25) is 0 Å². The molecule has 1 aromatic rings. The lowest BCUT2D eigenvalue weighted by molar-refractivity contribution is -0.126. The number of ether oxygens (including phenoxy) is 1. The van der Waals surface area contributed by atoms with E-state index in [1.54, 1.807) is 6.20 Å². The minimum atomic E-state index is 0.0724. The molecule has 1 aliphatic heterocycles. The summed E-state index contributed by atoms with van der Waals surface area (Å²) in [6.07, 6.45) is 5.58. The zero-order chi connectivity index (χ0) is 13.8. The summed E-state index contributed by atoms with van der Waals surface area (Å²) in [6, 6.07) is 6.16. The van der Waals surface area contributed by atoms with Crippen LogP contribution in [0, 0.1) is 0 Å². The first-order chi connectivity index (χ1) is 9.83. The third kappa shape index (κ3) is 3.16. The fourth-order valence-electron chi connectivity index (χ4n) is 3.13. The van der Waals surface area contributed by atoms with Crippen molar-refractivity contribution in [3.63, 3.8) is 0 Å². The van der Waals surface area contributed by atoms with Gasteiger partial charge in [0, 0.05) is 18.8 Å². The Morgan fingerprint density at radius 2 is 2.40 bits per heavy atom. The summed E-state index contributed by atoms with van der Waals surface area (Å²) < 4.78 is 5.76. The van der Waals surface area contributed by atoms with Gasteiger partial charge in [-0.3, -0.25) is 14.7 Å². The molecule has 2 unspecified atom stereocenters. The minimum absolute atomic E-state index is 0.0724. The Labute approximate surface area is 119 Å². The molecule has 3 rings (SSSR count). The van der Waals surface area contributed by atoms with Crippen LogP contribution in [0.3, 0.4) is 0 Å². The molecule has 1 amide bonds. The number of nitrogens with one attached hydrogen (secondary N) is 1. The third-order valence-electron chi connectivity index (χ3n) is 4.14. The van der Waals surface area contributed by atoms with E-state index in [0.29, 0.717) is 25.2 Å². The van der Waals surface area contributed by atoms with E-state index in [1.165, 1.54) is 6.42 Å². The molecule has 108 valence electrons. The standard InChI is InChI=1S/C15H21N3O2/c19-15(17-10-12-4-1-2-7-16-12)11-18-8-9-20-14-6-3-5-13(14)18/h1-2,4,7,13-14H,3,5-6,8-11H2,(H,17,19). The molecule has 2 aliphatic rings. The van der Waals surface area contributed by atoms with Crippen LogP contribution in [0.25, 0.3) is 0 Å². The lowest BCUT2D eigenvalue weighted by atomic mass is 10.1. The number of hydrogen-bond acceptors (Lipinski definition) is 4. The van der Waals surface area contributed by atoms with E-state index in [1.807, 2.05) is 18.2 Å². The maximum Gasteiger partial charge on any atom is 0.234 e. The van der Waals surface area contributed by atoms with Crippen molar-refractivity contribution in [3.8, 4) is 0 Å². The fraction of sp³-hybridized carbons (Fsp3) is 0.600. The average molecular weight is 275 g/mol. The number of pyridine rings is 1. The summed E-state index contributed by atoms with van der Waals surface area (Å²) in [7, 11) is 0. The first-order valence-corrected chi connectivity index (χ1v) is 7.35. The molecular weight excluding hydrogens is 254 g/mol. The van der Waals surface area contributed by atoms with E-state index in [2.05, 4.69) is 15.2 Å². The van der Waals surface area contributed by atoms with Gasteiger partial charge in [-0.15, -0.1) is 0 Å². The normalized spacial score (nSPS) is 26.2. The van der Waals surface area contributed by atoms with Gasteiger partial charge in [-0.1, -0.05) is 6.07 Å². The highest BCUT2D eigenvalue weighted by Gasteiger charge is 2.36. The molecule has 1 saturated heterocycles. The maximum atomic E-state index is 12.1. The SMILES string of the molecule is O=C(CN1CCOC2CCCC21)NCc1ccccn1. The van der Waals surface area contributed by atoms with Crippen LogP contribution in [0.5, 0.6) is 0 Å². The molecule has 0 aromatic carbocycles. The third-order valence-corrected chi connectivity index (χ3v) is 4.14. The van der Waals surface area contributed by atoms with Crippen molar-refractivity contribution in [2.24, 2.45) is 0 Å². The van der Waals surface area contributed by atoms with Gasteiger partial charge in [-0.25, -0.2) is 0 Å². The van der Waals surface area contributed by atoms with Gasteiger partial charge < -0.3 is 10.1 Å². The second-order valence-electron chi connectivity index (χ2n) is 5.48. The zero-order valence-electron chi connectivity index (χ0n) is 11.6. The van der Waals surface area contributed by atoms with E-state index < -0.39 is 0 Å². The summed E-state index contributed by atoms with van der Waals surface area (Å²) in [5, 5.41) is 2.94. The van der Waals surface area contributed by atoms with E-state index >= 15 is 0 Å². The summed E-state index contributed by atoms with van der Waals surface area (Å²) in [6.45, 7) is 2.57. The highest BCUT2D eigenvalue weighted by molar-refractivity contribution is 5.78. The Morgan fingerprint density at radius 1 is 1.45 bits per heavy atom. The van der Waals surface area contributed by atoms with Gasteiger partial charge in [-0.05, 0) is 31.4 Å². The van der Waals surface area contributed by atoms with E-state index in [4.69, 9.17) is 4.74 Å². The number of carbonyl (C=O) groups excluding carboxylic acids is 1. The first-order valence-electron chi connectivity index (χ1n) is 7.35. The fourth-order valence-corrected chi connectivity index (χ4v) is 3.13. The molecule has 1 aliphatic carbocycles. The van der Waals surface area contributed by atoms with Gasteiger partial charge in [-0.2, -0.15) is 0 Å². The molecule has 2 heterocycles. The largest absolute Gasteiger partial charge is 0.375 e. The average Bonchev–Trinajstić information content (AvgIpc) is 2.96. The van der Waals surface area contributed by atoms with Gasteiger partial charge in [0.25, 0.3) is 0 Å². The number of hydrogen-bond donors (Lipinski definition) is 1. The van der Waals surface area contributed by atoms with Gasteiger partial charge in [0.2, 0.25) is 5.91 Å². The van der Waals surface area contributed by atoms with Gasteiger partial charge >= 0.3 is 0 Å². The highest BCUT2D eigenvalue weighted by atomic mass is 16.5. The number of nitrogens with zero attached hydrogens (tertiary/aromatic N) is 2. The molecule has 2 fully saturated rings. The van der Waals surface area contributed by atoms with Crippen LogP contribution in [-0.2, 0) is 16.1 Å². The van der Waals surface area contributed by atoms with Crippen LogP contribution in [0.4, 0.5) is 0 Å². The molecule has 5 heteroatoms. The Kier molecular flexibility index (Phi) is 4.28. The quantitative estimate of drug-likeness (QED) is 0.889. The lowest BCUT2D eigenvalue weighted by Crippen LogP contribution is -2.51. The second-order valence-corrected chi connectivity index (χ2v) is 5.48. The maximum absolute atomic E-state index is 12.1. The summed E-state index contributed by atoms with van der Waals surface area (Å²) in [5.74, 6) is 0.0724. The van der Waals surface area contributed by atoms with Crippen molar-refractivity contribution >= 4 is 5.91 Å². The van der Waals surface area contributed by atoms with Gasteiger partial charge in [0.1, 0.15) is 0 Å². The van der Waals surface area contributed by atoms with Crippen molar-refractivity contribution in [2.45, 2.75) is 38.0 Å². The Morgan fingerprint density at radius 3 is 3.25 bits per heavy atom. The summed E-state index contributed by atoms with van der Waals surface area (Å²) in [4.78, 5) is 18.5. The van der Waals surface area contributed by atoms with Crippen LogP contribution in [0.15, 0.2) is 24.4 Å². The molecule has 20 heavy (non-hydrogen) atoms. The number of carbonyl (C=O) groups is 1. The molecule has 0 radical (unpaired) electrons. The number of morpholine rings is 1. The lowest BCUT2D eigenvalue weighted by Gasteiger charge is -2.37. The molecule has 1 aromatic heterocycles. The van der Waals surface area contributed by atoms with Crippen molar-refractivity contribution in [3.05, 3.63) is 30.1 Å². The highest BCUT2D eigenvalue weighted by Crippen LogP contribution is 2.29. The topological polar surface area (TPSA) is 54.5 Å². The van der Waals surface area contributed by atoms with Crippen LogP contribution < -0.4 is 5.32 Å². The smallest absolute Gasteiger partial charge is 0.234 e. The van der Waals surface area contributed by atoms with E-state index in [-0.39, 0.29) is 5.91 Å². The zero-order valence-corrected chi connectivity index (χ0v) is 11.6. The summed E-state index contributed by atoms with van der Waals surface area (Å²) in [5.41, 5.74) is 0.890. The molecule has 1 N–H and O–H groups in total.